The first-order valence-electron chi connectivity index (χ1n) is 8.35. The van der Waals surface area contributed by atoms with Crippen LogP contribution >= 0.6 is 11.8 Å². The van der Waals surface area contributed by atoms with E-state index >= 15 is 0 Å². The number of carbonyl (C=O) groups is 1. The quantitative estimate of drug-likeness (QED) is 0.737. The third-order valence-corrected chi connectivity index (χ3v) is 4.80. The van der Waals surface area contributed by atoms with Crippen LogP contribution in [0.2, 0.25) is 0 Å². The van der Waals surface area contributed by atoms with Gasteiger partial charge in [-0.05, 0) is 52.0 Å². The lowest BCUT2D eigenvalue weighted by molar-refractivity contribution is -0.113. The van der Waals surface area contributed by atoms with Gasteiger partial charge in [0.1, 0.15) is 0 Å². The van der Waals surface area contributed by atoms with Crippen LogP contribution in [0, 0.1) is 0 Å². The van der Waals surface area contributed by atoms with E-state index in [2.05, 4.69) is 55.0 Å². The Kier molecular flexibility index (Phi) is 6.73. The van der Waals surface area contributed by atoms with Crippen molar-refractivity contribution < 1.29 is 4.79 Å². The summed E-state index contributed by atoms with van der Waals surface area (Å²) >= 11 is 1.45. The Bertz CT molecular complexity index is 651. The van der Waals surface area contributed by atoms with E-state index in [1.54, 1.807) is 6.20 Å². The maximum atomic E-state index is 12.1. The monoisotopic (exact) mass is 346 g/mol. The van der Waals surface area contributed by atoms with Crippen LogP contribution < -0.4 is 10.2 Å². The van der Waals surface area contributed by atoms with Gasteiger partial charge in [0.25, 0.3) is 0 Å². The predicted octanol–water partition coefficient (Wildman–Crippen LogP) is 3.87. The molecule has 24 heavy (non-hydrogen) atoms. The fourth-order valence-corrected chi connectivity index (χ4v) is 3.41. The number of aryl methyl sites for hydroxylation is 1. The molecule has 1 aromatic heterocycles. The molecule has 1 aromatic carbocycles. The van der Waals surface area contributed by atoms with Crippen LogP contribution in [0.1, 0.15) is 27.7 Å². The van der Waals surface area contributed by atoms with E-state index in [9.17, 15) is 4.79 Å². The van der Waals surface area contributed by atoms with Crippen molar-refractivity contribution in [1.82, 2.24) is 9.55 Å². The van der Waals surface area contributed by atoms with Crippen LogP contribution in [0.4, 0.5) is 11.4 Å². The van der Waals surface area contributed by atoms with Gasteiger partial charge in [-0.15, -0.1) is 0 Å². The Morgan fingerprint density at radius 1 is 1.29 bits per heavy atom. The molecule has 0 saturated carbocycles. The van der Waals surface area contributed by atoms with Crippen LogP contribution in [-0.4, -0.2) is 33.8 Å². The molecule has 130 valence electrons. The topological polar surface area (TPSA) is 50.2 Å². The summed E-state index contributed by atoms with van der Waals surface area (Å²) < 4.78 is 2.03. The molecule has 0 spiro atoms. The molecule has 2 aromatic rings. The molecular weight excluding hydrogens is 320 g/mol. The lowest BCUT2D eigenvalue weighted by atomic mass is 10.2. The van der Waals surface area contributed by atoms with Gasteiger partial charge >= 0.3 is 0 Å². The number of thioether (sulfide) groups is 1. The average molecular weight is 347 g/mol. The minimum Gasteiger partial charge on any atom is -0.369 e. The van der Waals surface area contributed by atoms with Gasteiger partial charge < -0.3 is 14.8 Å². The summed E-state index contributed by atoms with van der Waals surface area (Å²) in [4.78, 5) is 18.7. The zero-order valence-electron chi connectivity index (χ0n) is 14.8. The number of carbonyl (C=O) groups excluding carboxylic acids is 1. The Balaban J connectivity index is 1.90. The van der Waals surface area contributed by atoms with Crippen LogP contribution in [0.5, 0.6) is 0 Å². The van der Waals surface area contributed by atoms with E-state index in [1.807, 2.05) is 22.9 Å². The minimum atomic E-state index is -0.0189. The van der Waals surface area contributed by atoms with Gasteiger partial charge in [-0.3, -0.25) is 4.79 Å². The summed E-state index contributed by atoms with van der Waals surface area (Å²) in [5, 5.41) is 3.81. The van der Waals surface area contributed by atoms with Crippen molar-refractivity contribution in [2.24, 2.45) is 0 Å². The molecule has 0 unspecified atom stereocenters. The Morgan fingerprint density at radius 2 is 2.00 bits per heavy atom. The lowest BCUT2D eigenvalue weighted by Crippen LogP contribution is -2.30. The summed E-state index contributed by atoms with van der Waals surface area (Å²) in [6.45, 7) is 10.4. The second-order valence-corrected chi connectivity index (χ2v) is 6.70. The first-order chi connectivity index (χ1) is 11.5. The first-order valence-corrected chi connectivity index (χ1v) is 9.34. The summed E-state index contributed by atoms with van der Waals surface area (Å²) in [5.74, 6) is 0.334. The largest absolute Gasteiger partial charge is 0.369 e. The van der Waals surface area contributed by atoms with Gasteiger partial charge in [-0.1, -0.05) is 11.8 Å². The predicted molar refractivity (Wildman–Crippen MR) is 102 cm³/mol. The van der Waals surface area contributed by atoms with E-state index in [1.165, 1.54) is 17.4 Å². The SMILES string of the molecule is CCN(c1ccc(NC(=O)CSc2nccn2CC)cc1)C(C)C. The molecule has 0 aliphatic rings. The van der Waals surface area contributed by atoms with Crippen molar-refractivity contribution >= 4 is 29.0 Å². The number of benzene rings is 1. The van der Waals surface area contributed by atoms with Crippen molar-refractivity contribution in [3.05, 3.63) is 36.7 Å². The molecular formula is C18H26N4OS. The maximum Gasteiger partial charge on any atom is 0.234 e. The molecule has 0 fully saturated rings. The number of amides is 1. The normalized spacial score (nSPS) is 10.9. The van der Waals surface area contributed by atoms with E-state index in [0.29, 0.717) is 11.8 Å². The number of hydrogen-bond donors (Lipinski definition) is 1. The van der Waals surface area contributed by atoms with Crippen molar-refractivity contribution in [1.29, 1.82) is 0 Å². The molecule has 0 bridgehead atoms. The second-order valence-electron chi connectivity index (χ2n) is 5.76. The highest BCUT2D eigenvalue weighted by molar-refractivity contribution is 7.99. The number of imidazole rings is 1. The fraction of sp³-hybridized carbons (Fsp3) is 0.444. The molecule has 0 aliphatic carbocycles. The van der Waals surface area contributed by atoms with Crippen LogP contribution in [0.15, 0.2) is 41.8 Å². The lowest BCUT2D eigenvalue weighted by Gasteiger charge is -2.27. The summed E-state index contributed by atoms with van der Waals surface area (Å²) in [6, 6.07) is 8.46. The number of nitrogens with zero attached hydrogens (tertiary/aromatic N) is 3. The number of hydrogen-bond acceptors (Lipinski definition) is 4. The highest BCUT2D eigenvalue weighted by Gasteiger charge is 2.10. The average Bonchev–Trinajstić information content (AvgIpc) is 3.02. The van der Waals surface area contributed by atoms with Gasteiger partial charge in [-0.25, -0.2) is 4.98 Å². The first kappa shape index (κ1) is 18.4. The Morgan fingerprint density at radius 3 is 2.58 bits per heavy atom. The molecule has 2 rings (SSSR count). The Labute approximate surface area is 148 Å². The van der Waals surface area contributed by atoms with Gasteiger partial charge in [-0.2, -0.15) is 0 Å². The number of nitrogens with one attached hydrogen (secondary N) is 1. The Hall–Kier alpha value is -1.95. The molecule has 0 saturated heterocycles. The highest BCUT2D eigenvalue weighted by atomic mass is 32.2. The maximum absolute atomic E-state index is 12.1. The second kappa shape index (κ2) is 8.78. The molecule has 0 atom stereocenters. The molecule has 0 aliphatic heterocycles. The van der Waals surface area contributed by atoms with Crippen molar-refractivity contribution in [3.63, 3.8) is 0 Å². The zero-order chi connectivity index (χ0) is 17.5. The van der Waals surface area contributed by atoms with Gasteiger partial charge in [0, 0.05) is 42.9 Å². The fourth-order valence-electron chi connectivity index (χ4n) is 2.59. The summed E-state index contributed by atoms with van der Waals surface area (Å²) in [6.07, 6.45) is 3.68. The summed E-state index contributed by atoms with van der Waals surface area (Å²) in [5.41, 5.74) is 1.99. The molecule has 1 heterocycles. The molecule has 1 amide bonds. The molecule has 5 nitrogen and oxygen atoms in total. The van der Waals surface area contributed by atoms with E-state index < -0.39 is 0 Å². The minimum absolute atomic E-state index is 0.0189. The van der Waals surface area contributed by atoms with Crippen molar-refractivity contribution in [2.45, 2.75) is 45.4 Å². The number of rotatable bonds is 8. The molecule has 1 N–H and O–H groups in total. The van der Waals surface area contributed by atoms with Crippen LogP contribution in [0.25, 0.3) is 0 Å². The van der Waals surface area contributed by atoms with Crippen LogP contribution in [-0.2, 0) is 11.3 Å². The third kappa shape index (κ3) is 4.77. The zero-order valence-corrected chi connectivity index (χ0v) is 15.6. The van der Waals surface area contributed by atoms with Crippen molar-refractivity contribution in [2.75, 3.05) is 22.5 Å². The number of anilines is 2. The number of aromatic nitrogens is 2. The molecule has 6 heteroatoms. The summed E-state index contributed by atoms with van der Waals surface area (Å²) in [7, 11) is 0. The van der Waals surface area contributed by atoms with Crippen LogP contribution in [0.3, 0.4) is 0 Å². The van der Waals surface area contributed by atoms with E-state index in [0.717, 1.165) is 23.9 Å². The molecule has 0 radical (unpaired) electrons. The van der Waals surface area contributed by atoms with E-state index in [-0.39, 0.29) is 5.91 Å². The third-order valence-electron chi connectivity index (χ3n) is 3.80. The van der Waals surface area contributed by atoms with Gasteiger partial charge in [0.15, 0.2) is 5.16 Å². The smallest absolute Gasteiger partial charge is 0.234 e. The standard InChI is InChI=1S/C18H26N4OS/c1-5-21-12-11-19-18(21)24-13-17(23)20-15-7-9-16(10-8-15)22(6-2)14(3)4/h7-12,14H,5-6,13H2,1-4H3,(H,20,23). The van der Waals surface area contributed by atoms with Gasteiger partial charge in [0.05, 0.1) is 5.75 Å². The highest BCUT2D eigenvalue weighted by Crippen LogP contribution is 2.21. The van der Waals surface area contributed by atoms with E-state index in [4.69, 9.17) is 0 Å². The van der Waals surface area contributed by atoms with Crippen molar-refractivity contribution in [3.8, 4) is 0 Å². The van der Waals surface area contributed by atoms with Gasteiger partial charge in [0.2, 0.25) is 5.91 Å².